The van der Waals surface area contributed by atoms with E-state index in [1.807, 2.05) is 20.8 Å². The number of esters is 1. The van der Waals surface area contributed by atoms with Crippen molar-refractivity contribution in [1.29, 1.82) is 0 Å². The molecule has 0 aliphatic rings. The summed E-state index contributed by atoms with van der Waals surface area (Å²) < 4.78 is 10.3. The molecule has 0 saturated heterocycles. The Morgan fingerprint density at radius 2 is 1.35 bits per heavy atom. The Morgan fingerprint density at radius 1 is 0.846 bits per heavy atom. The molecular weight excluding hydrogens is 330 g/mol. The molecule has 26 heavy (non-hydrogen) atoms. The van der Waals surface area contributed by atoms with Gasteiger partial charge in [-0.05, 0) is 18.8 Å². The summed E-state index contributed by atoms with van der Waals surface area (Å²) in [6, 6.07) is -0.689. The number of carbonyl (C=O) groups is 2. The summed E-state index contributed by atoms with van der Waals surface area (Å²) in [4.78, 5) is 23.5. The van der Waals surface area contributed by atoms with Gasteiger partial charge in [0.15, 0.2) is 0 Å². The summed E-state index contributed by atoms with van der Waals surface area (Å²) in [5, 5.41) is 2.51. The van der Waals surface area contributed by atoms with Gasteiger partial charge in [-0.2, -0.15) is 0 Å². The second-order valence-corrected chi connectivity index (χ2v) is 8.35. The lowest BCUT2D eigenvalue weighted by atomic mass is 9.99. The van der Waals surface area contributed by atoms with Crippen molar-refractivity contribution in [1.82, 2.24) is 5.32 Å². The molecule has 5 heteroatoms. The van der Waals surface area contributed by atoms with Gasteiger partial charge in [0.25, 0.3) is 0 Å². The van der Waals surface area contributed by atoms with Crippen LogP contribution in [0.15, 0.2) is 0 Å². The molecule has 0 radical (unpaired) electrons. The zero-order valence-corrected chi connectivity index (χ0v) is 17.7. The molecule has 0 aromatic rings. The molecule has 0 aliphatic carbocycles. The van der Waals surface area contributed by atoms with E-state index < -0.39 is 18.1 Å². The fourth-order valence-corrected chi connectivity index (χ4v) is 2.45. The summed E-state index contributed by atoms with van der Waals surface area (Å²) in [5.41, 5.74) is -0.101. The first kappa shape index (κ1) is 24.7. The highest BCUT2D eigenvalue weighted by Crippen LogP contribution is 2.13. The molecule has 0 aromatic heterocycles. The Morgan fingerprint density at radius 3 is 1.85 bits per heavy atom. The van der Waals surface area contributed by atoms with Crippen molar-refractivity contribution < 1.29 is 19.1 Å². The Bertz CT molecular complexity index is 377. The average molecular weight is 372 g/mol. The minimum absolute atomic E-state index is 0.101. The normalized spacial score (nSPS) is 12.5. The van der Waals surface area contributed by atoms with Crippen molar-refractivity contribution in [2.75, 3.05) is 13.2 Å². The quantitative estimate of drug-likeness (QED) is 0.318. The van der Waals surface area contributed by atoms with Crippen LogP contribution in [-0.2, 0) is 14.3 Å². The number of carbonyl (C=O) groups excluding carboxylic acids is 2. The van der Waals surface area contributed by atoms with Crippen molar-refractivity contribution in [2.45, 2.75) is 105 Å². The third-order valence-electron chi connectivity index (χ3n) is 4.07. The van der Waals surface area contributed by atoms with Crippen LogP contribution in [0.1, 0.15) is 98.8 Å². The number of hydrogen-bond donors (Lipinski definition) is 1. The van der Waals surface area contributed by atoms with Crippen molar-refractivity contribution in [3.63, 3.8) is 0 Å². The number of amides is 1. The molecule has 0 aromatic carbocycles. The molecule has 1 N–H and O–H groups in total. The molecule has 0 saturated carbocycles. The Kier molecular flexibility index (Phi) is 14.1. The van der Waals surface area contributed by atoms with Gasteiger partial charge in [-0.25, -0.2) is 9.59 Å². The largest absolute Gasteiger partial charge is 0.464 e. The fourth-order valence-electron chi connectivity index (χ4n) is 2.45. The average Bonchev–Trinajstić information content (AvgIpc) is 2.57. The monoisotopic (exact) mass is 371 g/mol. The molecule has 1 amide bonds. The third-order valence-corrected chi connectivity index (χ3v) is 4.07. The minimum atomic E-state index is -0.689. The maximum Gasteiger partial charge on any atom is 0.407 e. The van der Waals surface area contributed by atoms with E-state index >= 15 is 0 Å². The highest BCUT2D eigenvalue weighted by molar-refractivity contribution is 5.80. The highest BCUT2D eigenvalue weighted by Gasteiger charge is 2.19. The summed E-state index contributed by atoms with van der Waals surface area (Å²) in [5.74, 6) is -0.409. The maximum atomic E-state index is 11.8. The van der Waals surface area contributed by atoms with Crippen LogP contribution in [0.5, 0.6) is 0 Å². The first-order valence-electron chi connectivity index (χ1n) is 10.4. The SMILES string of the molecule is CCCCCCCCCCCCOC(=O)C(C)NC(=O)OCC(C)(C)C. The van der Waals surface area contributed by atoms with E-state index in [4.69, 9.17) is 9.47 Å². The predicted octanol–water partition coefficient (Wildman–Crippen LogP) is 5.61. The molecule has 0 aliphatic heterocycles. The van der Waals surface area contributed by atoms with Crippen molar-refractivity contribution >= 4 is 12.1 Å². The standard InChI is InChI=1S/C21H41NO4/c1-6-7-8-9-10-11-12-13-14-15-16-25-19(23)18(2)22-20(24)26-17-21(3,4)5/h18H,6-17H2,1-5H3,(H,22,24). The highest BCUT2D eigenvalue weighted by atomic mass is 16.6. The summed E-state index contributed by atoms with van der Waals surface area (Å²) in [6.45, 7) is 10.5. The summed E-state index contributed by atoms with van der Waals surface area (Å²) in [6.07, 6.45) is 11.8. The zero-order chi connectivity index (χ0) is 19.8. The van der Waals surface area contributed by atoms with Gasteiger partial charge in [-0.1, -0.05) is 85.5 Å². The molecule has 154 valence electrons. The number of unbranched alkanes of at least 4 members (excludes halogenated alkanes) is 9. The summed E-state index contributed by atoms with van der Waals surface area (Å²) in [7, 11) is 0. The van der Waals surface area contributed by atoms with E-state index in [0.29, 0.717) is 13.2 Å². The van der Waals surface area contributed by atoms with E-state index in [-0.39, 0.29) is 5.41 Å². The minimum Gasteiger partial charge on any atom is -0.464 e. The molecule has 0 spiro atoms. The van der Waals surface area contributed by atoms with Crippen LogP contribution in [0.4, 0.5) is 4.79 Å². The molecule has 5 nitrogen and oxygen atoms in total. The Balaban J connectivity index is 3.56. The second kappa shape index (κ2) is 14.9. The van der Waals surface area contributed by atoms with E-state index in [2.05, 4.69) is 12.2 Å². The summed E-state index contributed by atoms with van der Waals surface area (Å²) >= 11 is 0. The zero-order valence-electron chi connectivity index (χ0n) is 17.7. The van der Waals surface area contributed by atoms with Crippen LogP contribution < -0.4 is 5.32 Å². The van der Waals surface area contributed by atoms with Gasteiger partial charge in [0.05, 0.1) is 13.2 Å². The van der Waals surface area contributed by atoms with Crippen molar-refractivity contribution in [3.05, 3.63) is 0 Å². The van der Waals surface area contributed by atoms with Crippen molar-refractivity contribution in [3.8, 4) is 0 Å². The molecule has 0 fully saturated rings. The lowest BCUT2D eigenvalue weighted by Crippen LogP contribution is -2.40. The maximum absolute atomic E-state index is 11.8. The van der Waals surface area contributed by atoms with Gasteiger partial charge in [0.2, 0.25) is 0 Å². The number of ether oxygens (including phenoxy) is 2. The smallest absolute Gasteiger partial charge is 0.407 e. The molecular formula is C21H41NO4. The van der Waals surface area contributed by atoms with E-state index in [1.54, 1.807) is 6.92 Å². The van der Waals surface area contributed by atoms with Gasteiger partial charge in [0.1, 0.15) is 6.04 Å². The fraction of sp³-hybridized carbons (Fsp3) is 0.905. The second-order valence-electron chi connectivity index (χ2n) is 8.35. The third kappa shape index (κ3) is 16.2. The van der Waals surface area contributed by atoms with Crippen LogP contribution in [0.25, 0.3) is 0 Å². The van der Waals surface area contributed by atoms with Crippen LogP contribution >= 0.6 is 0 Å². The lowest BCUT2D eigenvalue weighted by molar-refractivity contribution is -0.145. The van der Waals surface area contributed by atoms with Gasteiger partial charge >= 0.3 is 12.1 Å². The van der Waals surface area contributed by atoms with E-state index in [0.717, 1.165) is 12.8 Å². The van der Waals surface area contributed by atoms with E-state index in [9.17, 15) is 9.59 Å². The van der Waals surface area contributed by atoms with E-state index in [1.165, 1.54) is 51.4 Å². The molecule has 1 atom stereocenters. The number of alkyl carbamates (subject to hydrolysis) is 1. The van der Waals surface area contributed by atoms with Crippen molar-refractivity contribution in [2.24, 2.45) is 5.41 Å². The first-order chi connectivity index (χ1) is 12.3. The number of nitrogens with one attached hydrogen (secondary N) is 1. The van der Waals surface area contributed by atoms with Crippen LogP contribution in [0.3, 0.4) is 0 Å². The van der Waals surface area contributed by atoms with Crippen LogP contribution in [0, 0.1) is 5.41 Å². The van der Waals surface area contributed by atoms with Gasteiger partial charge in [0, 0.05) is 0 Å². The molecule has 0 heterocycles. The molecule has 0 bridgehead atoms. The Labute approximate surface area is 160 Å². The Hall–Kier alpha value is -1.26. The van der Waals surface area contributed by atoms with Gasteiger partial charge in [-0.15, -0.1) is 0 Å². The van der Waals surface area contributed by atoms with Crippen LogP contribution in [0.2, 0.25) is 0 Å². The number of hydrogen-bond acceptors (Lipinski definition) is 4. The van der Waals surface area contributed by atoms with Gasteiger partial charge < -0.3 is 14.8 Å². The van der Waals surface area contributed by atoms with Crippen LogP contribution in [-0.4, -0.2) is 31.3 Å². The van der Waals surface area contributed by atoms with Gasteiger partial charge in [-0.3, -0.25) is 0 Å². The first-order valence-corrected chi connectivity index (χ1v) is 10.4. The topological polar surface area (TPSA) is 64.6 Å². The number of rotatable bonds is 14. The lowest BCUT2D eigenvalue weighted by Gasteiger charge is -2.19. The predicted molar refractivity (Wildman–Crippen MR) is 106 cm³/mol. The molecule has 0 rings (SSSR count). The molecule has 1 unspecified atom stereocenters.